The fraction of sp³-hybridized carbons (Fsp3) is 0.235. The van der Waals surface area contributed by atoms with E-state index < -0.39 is 49.1 Å². The summed E-state index contributed by atoms with van der Waals surface area (Å²) >= 11 is 0. The van der Waals surface area contributed by atoms with Crippen molar-refractivity contribution in [3.05, 3.63) is 82.9 Å². The highest BCUT2D eigenvalue weighted by atomic mass is 16.8. The Hall–Kier alpha value is -5.26. The number of nitrogens with one attached hydrogen (secondary N) is 2. The molecule has 2 aliphatic heterocycles. The summed E-state index contributed by atoms with van der Waals surface area (Å²) in [7, 11) is 0. The summed E-state index contributed by atoms with van der Waals surface area (Å²) in [5.74, 6) is -1.60. The molecular formula is C34H30N4O11. The summed E-state index contributed by atoms with van der Waals surface area (Å²) in [6.45, 7) is -0.916. The van der Waals surface area contributed by atoms with Crippen molar-refractivity contribution in [2.75, 3.05) is 6.61 Å². The standard InChI is InChI=1S/C34H30N4O11/c39-12-15-4-2-1-3-14(15)11-35-37-32(46)25-23-18-7-5-16(41)9-20(18)36-27(23)28-24(26(25)33(37)47)19-8-6-17(42)10-21(19)38(28)49-34-31(45)30(44)29(43)22(13-40)48-34/h1-10,22,29-31,34-36,39-45H,11-13H2/t22-,29-,30+,31-,34+/m1/s1. The molecule has 49 heavy (non-hydrogen) atoms. The van der Waals surface area contributed by atoms with E-state index in [1.165, 1.54) is 35.1 Å². The van der Waals surface area contributed by atoms with Gasteiger partial charge in [-0.05, 0) is 35.4 Å². The van der Waals surface area contributed by atoms with Crippen molar-refractivity contribution in [2.45, 2.75) is 43.9 Å². The first-order valence-corrected chi connectivity index (χ1v) is 15.4. The quantitative estimate of drug-likeness (QED) is 0.108. The number of rotatable bonds is 7. The van der Waals surface area contributed by atoms with E-state index in [1.54, 1.807) is 30.3 Å². The van der Waals surface area contributed by atoms with Gasteiger partial charge in [-0.2, -0.15) is 4.73 Å². The second-order valence-electron chi connectivity index (χ2n) is 12.1. The predicted molar refractivity (Wildman–Crippen MR) is 172 cm³/mol. The van der Waals surface area contributed by atoms with Crippen LogP contribution >= 0.6 is 0 Å². The molecule has 0 saturated carbocycles. The van der Waals surface area contributed by atoms with E-state index in [4.69, 9.17) is 9.57 Å². The lowest BCUT2D eigenvalue weighted by molar-refractivity contribution is -0.298. The van der Waals surface area contributed by atoms with Crippen LogP contribution in [0.3, 0.4) is 0 Å². The number of aromatic nitrogens is 2. The molecule has 0 aliphatic carbocycles. The first-order valence-electron chi connectivity index (χ1n) is 15.4. The van der Waals surface area contributed by atoms with Crippen LogP contribution in [-0.4, -0.2) is 99.6 Å². The summed E-state index contributed by atoms with van der Waals surface area (Å²) in [6, 6.07) is 15.8. The SMILES string of the molecule is O=C1c2c(c3c4ccc(O)cc4n(O[C@@H]4O[C@H](CO)[C@@H](O)[C@H](O)[C@H]4O)c3c3[nH]c4cc(O)ccc4c23)C(=O)N1NCc1ccccc1CO. The highest BCUT2D eigenvalue weighted by molar-refractivity contribution is 6.39. The fourth-order valence-corrected chi connectivity index (χ4v) is 6.90. The number of aliphatic hydroxyl groups excluding tert-OH is 5. The molecule has 8 rings (SSSR count). The van der Waals surface area contributed by atoms with E-state index in [9.17, 15) is 45.3 Å². The van der Waals surface area contributed by atoms with E-state index in [-0.39, 0.29) is 52.2 Å². The molecule has 0 unspecified atom stereocenters. The number of hydrazine groups is 1. The van der Waals surface area contributed by atoms with E-state index in [0.717, 1.165) is 5.01 Å². The van der Waals surface area contributed by atoms with Crippen LogP contribution in [0.2, 0.25) is 0 Å². The lowest BCUT2D eigenvalue weighted by Gasteiger charge is -2.39. The fourth-order valence-electron chi connectivity index (χ4n) is 6.90. The molecule has 2 aliphatic rings. The number of aromatic hydroxyl groups is 2. The van der Waals surface area contributed by atoms with Crippen LogP contribution in [0.5, 0.6) is 11.5 Å². The number of nitrogens with zero attached hydrogens (tertiary/aromatic N) is 2. The Morgan fingerprint density at radius 3 is 2.20 bits per heavy atom. The molecule has 15 heteroatoms. The zero-order valence-electron chi connectivity index (χ0n) is 25.4. The molecule has 4 heterocycles. The highest BCUT2D eigenvalue weighted by Crippen LogP contribution is 2.45. The van der Waals surface area contributed by atoms with Crippen LogP contribution in [0.25, 0.3) is 43.6 Å². The number of phenols is 2. The average Bonchev–Trinajstić information content (AvgIpc) is 3.70. The van der Waals surface area contributed by atoms with Gasteiger partial charge >= 0.3 is 0 Å². The number of hydrogen-bond donors (Lipinski definition) is 9. The minimum Gasteiger partial charge on any atom is -0.508 e. The largest absolute Gasteiger partial charge is 0.508 e. The maximum Gasteiger partial charge on any atom is 0.276 e. The molecule has 1 fully saturated rings. The summed E-state index contributed by atoms with van der Waals surface area (Å²) in [5.41, 5.74) is 5.36. The van der Waals surface area contributed by atoms with Gasteiger partial charge in [0.1, 0.15) is 41.4 Å². The molecule has 252 valence electrons. The van der Waals surface area contributed by atoms with Crippen molar-refractivity contribution in [1.82, 2.24) is 20.1 Å². The topological polar surface area (TPSA) is 230 Å². The molecule has 6 aromatic rings. The van der Waals surface area contributed by atoms with Gasteiger partial charge in [0, 0.05) is 40.2 Å². The van der Waals surface area contributed by atoms with Gasteiger partial charge in [0.05, 0.1) is 40.9 Å². The van der Waals surface area contributed by atoms with Gasteiger partial charge < -0.3 is 50.3 Å². The van der Waals surface area contributed by atoms with E-state index >= 15 is 0 Å². The molecule has 2 aromatic heterocycles. The third-order valence-corrected chi connectivity index (χ3v) is 9.29. The number of hydrogen-bond acceptors (Lipinski definition) is 12. The van der Waals surface area contributed by atoms with Crippen molar-refractivity contribution >= 4 is 55.4 Å². The number of ether oxygens (including phenoxy) is 1. The van der Waals surface area contributed by atoms with E-state index in [0.29, 0.717) is 38.3 Å². The van der Waals surface area contributed by atoms with Crippen molar-refractivity contribution < 1.29 is 54.9 Å². The van der Waals surface area contributed by atoms with Gasteiger partial charge in [-0.25, -0.2) is 10.4 Å². The first kappa shape index (κ1) is 31.0. The zero-order valence-corrected chi connectivity index (χ0v) is 25.4. The third-order valence-electron chi connectivity index (χ3n) is 9.29. The Bertz CT molecular complexity index is 2330. The van der Waals surface area contributed by atoms with Gasteiger partial charge in [0.25, 0.3) is 18.1 Å². The monoisotopic (exact) mass is 670 g/mol. The number of benzene rings is 4. The predicted octanol–water partition coefficient (Wildman–Crippen LogP) is 0.862. The maximum absolute atomic E-state index is 14.4. The number of H-pyrrole nitrogens is 1. The second-order valence-corrected chi connectivity index (χ2v) is 12.1. The van der Waals surface area contributed by atoms with Crippen LogP contribution in [-0.2, 0) is 17.9 Å². The van der Waals surface area contributed by atoms with Gasteiger partial charge in [0.2, 0.25) is 0 Å². The summed E-state index contributed by atoms with van der Waals surface area (Å²) in [6.07, 6.45) is -8.15. The molecule has 9 N–H and O–H groups in total. The molecule has 5 atom stereocenters. The second kappa shape index (κ2) is 11.4. The summed E-state index contributed by atoms with van der Waals surface area (Å²) in [5, 5.41) is 74.5. The van der Waals surface area contributed by atoms with Crippen molar-refractivity contribution in [3.8, 4) is 11.5 Å². The number of aromatic amines is 1. The highest BCUT2D eigenvalue weighted by Gasteiger charge is 2.46. The van der Waals surface area contributed by atoms with Crippen LogP contribution in [0, 0.1) is 0 Å². The number of carbonyl (C=O) groups is 2. The number of phenolic OH excluding ortho intramolecular Hbond substituents is 2. The molecule has 0 radical (unpaired) electrons. The number of amides is 2. The molecular weight excluding hydrogens is 640 g/mol. The zero-order chi connectivity index (χ0) is 34.3. The molecule has 0 spiro atoms. The van der Waals surface area contributed by atoms with Crippen molar-refractivity contribution in [2.24, 2.45) is 0 Å². The number of fused-ring (bicyclic) bond motifs is 10. The van der Waals surface area contributed by atoms with Gasteiger partial charge in [-0.1, -0.05) is 24.3 Å². The lowest BCUT2D eigenvalue weighted by Crippen LogP contribution is -2.61. The van der Waals surface area contributed by atoms with E-state index in [1.807, 2.05) is 0 Å². The first-order chi connectivity index (χ1) is 23.6. The molecule has 15 nitrogen and oxygen atoms in total. The Morgan fingerprint density at radius 2 is 1.49 bits per heavy atom. The maximum atomic E-state index is 14.4. The minimum absolute atomic E-state index is 0.0104. The van der Waals surface area contributed by atoms with Crippen LogP contribution in [0.15, 0.2) is 60.7 Å². The molecule has 1 saturated heterocycles. The van der Waals surface area contributed by atoms with E-state index in [2.05, 4.69) is 10.4 Å². The summed E-state index contributed by atoms with van der Waals surface area (Å²) in [4.78, 5) is 38.0. The van der Waals surface area contributed by atoms with Crippen LogP contribution in [0.4, 0.5) is 0 Å². The molecule has 4 aromatic carbocycles. The van der Waals surface area contributed by atoms with Gasteiger partial charge in [-0.15, -0.1) is 0 Å². The molecule has 0 bridgehead atoms. The van der Waals surface area contributed by atoms with Gasteiger partial charge in [-0.3, -0.25) is 9.59 Å². The smallest absolute Gasteiger partial charge is 0.276 e. The van der Waals surface area contributed by atoms with Gasteiger partial charge in [0.15, 0.2) is 0 Å². The number of aliphatic hydroxyl groups is 5. The normalized spacial score (nSPS) is 22.6. The number of carbonyl (C=O) groups excluding carboxylic acids is 2. The van der Waals surface area contributed by atoms with Crippen molar-refractivity contribution in [1.29, 1.82) is 0 Å². The lowest BCUT2D eigenvalue weighted by atomic mass is 9.96. The number of imide groups is 1. The van der Waals surface area contributed by atoms with Crippen molar-refractivity contribution in [3.63, 3.8) is 0 Å². The Balaban J connectivity index is 1.38. The Labute approximate surface area is 275 Å². The minimum atomic E-state index is -1.79. The Morgan fingerprint density at radius 1 is 0.816 bits per heavy atom. The molecule has 2 amide bonds. The van der Waals surface area contributed by atoms with Crippen LogP contribution in [0.1, 0.15) is 31.8 Å². The van der Waals surface area contributed by atoms with Crippen LogP contribution < -0.4 is 10.3 Å². The average molecular weight is 671 g/mol. The third kappa shape index (κ3) is 4.56. The summed E-state index contributed by atoms with van der Waals surface area (Å²) < 4.78 is 6.84. The Kier molecular flexibility index (Phi) is 7.23.